The van der Waals surface area contributed by atoms with Gasteiger partial charge < -0.3 is 20.3 Å². The van der Waals surface area contributed by atoms with Crippen molar-refractivity contribution in [1.29, 1.82) is 0 Å². The molecule has 236 valence electrons. The summed E-state index contributed by atoms with van der Waals surface area (Å²) in [5.41, 5.74) is -2.29. The summed E-state index contributed by atoms with van der Waals surface area (Å²) < 4.78 is 34.2. The SMILES string of the molecule is CC(C)(C)OC(=O)N[C@H]1CCCCC/C=C\[C@@H]2C[C@@]2(C(=O)NS(=O)(=O)[n+]2ccc(Cl)cc2Cl)NC(=O)[C@@H]2CCCN2C1=O. The molecule has 3 heterocycles. The van der Waals surface area contributed by atoms with Gasteiger partial charge in [-0.05, 0) is 70.9 Å². The highest BCUT2D eigenvalue weighted by Crippen LogP contribution is 2.45. The number of fused-ring (bicyclic) bond motifs is 2. The van der Waals surface area contributed by atoms with Gasteiger partial charge in [-0.25, -0.2) is 4.79 Å². The Kier molecular flexibility index (Phi) is 9.97. The maximum Gasteiger partial charge on any atom is 0.473 e. The van der Waals surface area contributed by atoms with Crippen molar-refractivity contribution < 1.29 is 36.3 Å². The van der Waals surface area contributed by atoms with Crippen molar-refractivity contribution in [2.24, 2.45) is 5.92 Å². The molecule has 3 aliphatic rings. The summed E-state index contributed by atoms with van der Waals surface area (Å²) in [5.74, 6) is -2.34. The van der Waals surface area contributed by atoms with E-state index in [2.05, 4.69) is 10.6 Å². The van der Waals surface area contributed by atoms with Crippen molar-refractivity contribution in [2.75, 3.05) is 6.54 Å². The van der Waals surface area contributed by atoms with E-state index in [-0.39, 0.29) is 16.6 Å². The first-order chi connectivity index (χ1) is 20.1. The number of nitrogens with one attached hydrogen (secondary N) is 3. The normalized spacial score (nSPS) is 27.5. The Balaban J connectivity index is 1.57. The van der Waals surface area contributed by atoms with Crippen LogP contribution in [0.15, 0.2) is 30.5 Å². The van der Waals surface area contributed by atoms with Crippen molar-refractivity contribution in [1.82, 2.24) is 20.3 Å². The molecule has 4 rings (SSSR count). The highest BCUT2D eigenvalue weighted by molar-refractivity contribution is 7.83. The van der Waals surface area contributed by atoms with Gasteiger partial charge in [0.05, 0.1) is 5.02 Å². The lowest BCUT2D eigenvalue weighted by molar-refractivity contribution is -0.509. The van der Waals surface area contributed by atoms with Crippen LogP contribution in [0.2, 0.25) is 10.2 Å². The van der Waals surface area contributed by atoms with Crippen LogP contribution in [-0.4, -0.2) is 66.9 Å². The second kappa shape index (κ2) is 13.0. The molecule has 12 nitrogen and oxygen atoms in total. The molecular formula is C28H38Cl2N5O7S+. The number of amides is 4. The number of hydrogen-bond acceptors (Lipinski definition) is 7. The van der Waals surface area contributed by atoms with E-state index < -0.39 is 63.2 Å². The number of carbonyl (C=O) groups is 4. The number of carbonyl (C=O) groups excluding carboxylic acids is 4. The molecule has 43 heavy (non-hydrogen) atoms. The minimum atomic E-state index is -4.47. The molecule has 2 fully saturated rings. The Morgan fingerprint density at radius 1 is 1.14 bits per heavy atom. The first-order valence-electron chi connectivity index (χ1n) is 14.4. The number of rotatable bonds is 4. The predicted molar refractivity (Wildman–Crippen MR) is 158 cm³/mol. The maximum atomic E-state index is 13.7. The van der Waals surface area contributed by atoms with Crippen LogP contribution in [-0.2, 0) is 29.3 Å². The van der Waals surface area contributed by atoms with Gasteiger partial charge in [-0.2, -0.15) is 4.72 Å². The quantitative estimate of drug-likeness (QED) is 0.255. The summed E-state index contributed by atoms with van der Waals surface area (Å²) in [4.78, 5) is 54.9. The smallest absolute Gasteiger partial charge is 0.444 e. The zero-order chi connectivity index (χ0) is 31.6. The van der Waals surface area contributed by atoms with E-state index >= 15 is 0 Å². The summed E-state index contributed by atoms with van der Waals surface area (Å²) in [6.07, 6.45) is 8.52. The van der Waals surface area contributed by atoms with Gasteiger partial charge in [0.2, 0.25) is 11.8 Å². The predicted octanol–water partition coefficient (Wildman–Crippen LogP) is 2.77. The van der Waals surface area contributed by atoms with Crippen molar-refractivity contribution >= 4 is 57.2 Å². The summed E-state index contributed by atoms with van der Waals surface area (Å²) in [6, 6.07) is 0.741. The molecule has 0 bridgehead atoms. The lowest BCUT2D eigenvalue weighted by Gasteiger charge is -2.30. The van der Waals surface area contributed by atoms with Crippen LogP contribution < -0.4 is 19.3 Å². The third kappa shape index (κ3) is 7.98. The molecular weight excluding hydrogens is 621 g/mol. The Bertz CT molecular complexity index is 1410. The largest absolute Gasteiger partial charge is 0.473 e. The van der Waals surface area contributed by atoms with E-state index in [0.29, 0.717) is 42.6 Å². The van der Waals surface area contributed by atoms with Gasteiger partial charge in [0.15, 0.2) is 6.20 Å². The molecule has 0 radical (unpaired) electrons. The lowest BCUT2D eigenvalue weighted by atomic mass is 10.0. The number of pyridine rings is 1. The Morgan fingerprint density at radius 3 is 2.58 bits per heavy atom. The van der Waals surface area contributed by atoms with Crippen LogP contribution in [0.1, 0.15) is 72.1 Å². The fourth-order valence-corrected chi connectivity index (χ4v) is 7.11. The molecule has 1 saturated heterocycles. The average Bonchev–Trinajstić information content (AvgIpc) is 3.35. The minimum absolute atomic E-state index is 0.180. The molecule has 1 saturated carbocycles. The van der Waals surface area contributed by atoms with Gasteiger partial charge in [0.1, 0.15) is 23.2 Å². The van der Waals surface area contributed by atoms with Crippen LogP contribution in [0.3, 0.4) is 0 Å². The number of hydrogen-bond donors (Lipinski definition) is 3. The molecule has 1 aromatic heterocycles. The van der Waals surface area contributed by atoms with Gasteiger partial charge in [0, 0.05) is 24.6 Å². The molecule has 0 aromatic carbocycles. The standard InChI is InChI=1S/C28H37Cl2N5O7S/c1-27(2,3)42-26(39)31-20-11-8-6-4-5-7-10-18-17-28(18,32-23(36)21-12-9-14-34(21)24(20)37)25(38)33-43(40,41)35-15-13-19(29)16-22(35)30/h7,10,13,15-16,18,20-21H,4-6,8-9,11-12,14,17H2,1-3H3,(H2-,31,32,33,36,38,39)/p+1/b10-7-/t18-,20+,21+,28-/m1/s1. The molecule has 4 amide bonds. The average molecular weight is 660 g/mol. The summed E-state index contributed by atoms with van der Waals surface area (Å²) in [5, 5.41) is 5.44. The third-order valence-electron chi connectivity index (χ3n) is 7.64. The first kappa shape index (κ1) is 33.0. The molecule has 1 aromatic rings. The van der Waals surface area contributed by atoms with Crippen LogP contribution in [0.4, 0.5) is 4.79 Å². The van der Waals surface area contributed by atoms with Crippen molar-refractivity contribution in [2.45, 2.75) is 95.4 Å². The number of allylic oxidation sites excluding steroid dienone is 1. The zero-order valence-corrected chi connectivity index (χ0v) is 26.7. The molecule has 2 aliphatic heterocycles. The van der Waals surface area contributed by atoms with Crippen LogP contribution >= 0.6 is 23.2 Å². The van der Waals surface area contributed by atoms with Crippen molar-refractivity contribution in [3.8, 4) is 0 Å². The highest BCUT2D eigenvalue weighted by Gasteiger charge is 2.62. The first-order valence-corrected chi connectivity index (χ1v) is 16.6. The van der Waals surface area contributed by atoms with E-state index in [9.17, 15) is 27.6 Å². The fraction of sp³-hybridized carbons (Fsp3) is 0.607. The maximum absolute atomic E-state index is 13.7. The monoisotopic (exact) mass is 658 g/mol. The number of aromatic nitrogens is 1. The molecule has 0 spiro atoms. The van der Waals surface area contributed by atoms with Crippen molar-refractivity contribution in [3.05, 3.63) is 40.7 Å². The van der Waals surface area contributed by atoms with Gasteiger partial charge in [-0.1, -0.05) is 40.6 Å². The fourth-order valence-electron chi connectivity index (χ4n) is 5.43. The second-order valence-corrected chi connectivity index (χ2v) is 14.5. The van der Waals surface area contributed by atoms with E-state index in [1.807, 2.05) is 16.9 Å². The number of ether oxygens (including phenoxy) is 1. The van der Waals surface area contributed by atoms with Crippen LogP contribution in [0.25, 0.3) is 0 Å². The van der Waals surface area contributed by atoms with E-state index in [4.69, 9.17) is 27.9 Å². The topological polar surface area (TPSA) is 155 Å². The minimum Gasteiger partial charge on any atom is -0.444 e. The summed E-state index contributed by atoms with van der Waals surface area (Å²) >= 11 is 11.9. The Morgan fingerprint density at radius 2 is 1.88 bits per heavy atom. The van der Waals surface area contributed by atoms with Crippen LogP contribution in [0, 0.1) is 5.92 Å². The van der Waals surface area contributed by atoms with E-state index in [1.165, 1.54) is 17.0 Å². The van der Waals surface area contributed by atoms with Gasteiger partial charge >= 0.3 is 16.3 Å². The number of halogens is 2. The third-order valence-corrected chi connectivity index (χ3v) is 9.55. The Hall–Kier alpha value is -2.90. The lowest BCUT2D eigenvalue weighted by Crippen LogP contribution is -2.61. The van der Waals surface area contributed by atoms with E-state index in [0.717, 1.165) is 19.0 Å². The molecule has 0 unspecified atom stereocenters. The number of nitrogens with zero attached hydrogens (tertiary/aromatic N) is 2. The summed E-state index contributed by atoms with van der Waals surface area (Å²) in [7, 11) is -4.47. The second-order valence-electron chi connectivity index (χ2n) is 12.1. The molecule has 4 atom stereocenters. The van der Waals surface area contributed by atoms with E-state index in [1.54, 1.807) is 20.8 Å². The molecule has 15 heteroatoms. The molecule has 1 aliphatic carbocycles. The number of alkyl carbamates (subject to hydrolysis) is 1. The highest BCUT2D eigenvalue weighted by atomic mass is 35.5. The van der Waals surface area contributed by atoms with Gasteiger partial charge in [0.25, 0.3) is 11.1 Å². The Labute approximate surface area is 261 Å². The van der Waals surface area contributed by atoms with Gasteiger partial charge in [-0.15, -0.1) is 8.42 Å². The van der Waals surface area contributed by atoms with Crippen molar-refractivity contribution in [3.63, 3.8) is 0 Å². The van der Waals surface area contributed by atoms with Gasteiger partial charge in [-0.3, -0.25) is 14.4 Å². The molecule has 3 N–H and O–H groups in total. The zero-order valence-electron chi connectivity index (χ0n) is 24.4. The summed E-state index contributed by atoms with van der Waals surface area (Å²) in [6.45, 7) is 5.48. The van der Waals surface area contributed by atoms with Crippen LogP contribution in [0.5, 0.6) is 0 Å².